The van der Waals surface area contributed by atoms with Crippen LogP contribution in [0.3, 0.4) is 0 Å². The van der Waals surface area contributed by atoms with E-state index in [4.69, 9.17) is 0 Å². The summed E-state index contributed by atoms with van der Waals surface area (Å²) in [5.41, 5.74) is 2.67. The predicted molar refractivity (Wildman–Crippen MR) is 67.2 cm³/mol. The summed E-state index contributed by atoms with van der Waals surface area (Å²) in [6, 6.07) is 0. The molecule has 0 N–H and O–H groups in total. The second-order valence-electron chi connectivity index (χ2n) is 3.92. The molecule has 1 aromatic heterocycles. The Hall–Kier alpha value is -0.790. The van der Waals surface area contributed by atoms with Crippen molar-refractivity contribution in [2.45, 2.75) is 60.9 Å². The molecular weight excluding hydrogens is 184 g/mol. The van der Waals surface area contributed by atoms with Gasteiger partial charge in [-0.25, -0.2) is 0 Å². The lowest BCUT2D eigenvalue weighted by molar-refractivity contribution is 0.480. The Morgan fingerprint density at radius 1 is 1.20 bits per heavy atom. The molecule has 88 valence electrons. The van der Waals surface area contributed by atoms with Crippen molar-refractivity contribution >= 4 is 0 Å². The van der Waals surface area contributed by atoms with E-state index in [1.165, 1.54) is 11.3 Å². The number of aromatic nitrogens is 2. The Morgan fingerprint density at radius 3 is 2.13 bits per heavy atom. The van der Waals surface area contributed by atoms with E-state index in [9.17, 15) is 0 Å². The first-order valence-electron chi connectivity index (χ1n) is 6.22. The molecule has 0 aliphatic rings. The van der Waals surface area contributed by atoms with Crippen LogP contribution in [0.15, 0.2) is 6.20 Å². The molecule has 0 bridgehead atoms. The van der Waals surface area contributed by atoms with Crippen molar-refractivity contribution in [2.24, 2.45) is 5.92 Å². The standard InChI is InChI=1S/C11H20N2.C2H6/c1-5-10-8-13(7-9(3)4)12-11(10)6-2;1-2/h8-9H,5-7H2,1-4H3;1-2H3. The van der Waals surface area contributed by atoms with E-state index in [1.54, 1.807) is 0 Å². The van der Waals surface area contributed by atoms with Crippen LogP contribution in [0.1, 0.15) is 52.8 Å². The maximum atomic E-state index is 4.56. The molecule has 0 amide bonds. The summed E-state index contributed by atoms with van der Waals surface area (Å²) in [5.74, 6) is 0.675. The van der Waals surface area contributed by atoms with Crippen LogP contribution in [-0.2, 0) is 19.4 Å². The van der Waals surface area contributed by atoms with Crippen LogP contribution in [0.5, 0.6) is 0 Å². The van der Waals surface area contributed by atoms with Crippen molar-refractivity contribution in [3.05, 3.63) is 17.5 Å². The number of aryl methyl sites for hydroxylation is 2. The minimum absolute atomic E-state index is 0.675. The van der Waals surface area contributed by atoms with Gasteiger partial charge in [-0.15, -0.1) is 0 Å². The van der Waals surface area contributed by atoms with Gasteiger partial charge >= 0.3 is 0 Å². The molecule has 0 radical (unpaired) electrons. The lowest BCUT2D eigenvalue weighted by Gasteiger charge is -2.03. The van der Waals surface area contributed by atoms with Crippen LogP contribution in [0.4, 0.5) is 0 Å². The van der Waals surface area contributed by atoms with Crippen LogP contribution in [0, 0.1) is 5.92 Å². The fourth-order valence-corrected chi connectivity index (χ4v) is 1.56. The Kier molecular flexibility index (Phi) is 7.10. The number of nitrogens with zero attached hydrogens (tertiary/aromatic N) is 2. The van der Waals surface area contributed by atoms with Gasteiger partial charge in [-0.2, -0.15) is 5.10 Å². The van der Waals surface area contributed by atoms with E-state index < -0.39 is 0 Å². The molecule has 0 atom stereocenters. The van der Waals surface area contributed by atoms with Crippen LogP contribution >= 0.6 is 0 Å². The summed E-state index contributed by atoms with van der Waals surface area (Å²) in [4.78, 5) is 0. The fraction of sp³-hybridized carbons (Fsp3) is 0.769. The van der Waals surface area contributed by atoms with E-state index in [0.29, 0.717) is 5.92 Å². The first kappa shape index (κ1) is 14.2. The molecule has 0 spiro atoms. The molecule has 1 heterocycles. The summed E-state index contributed by atoms with van der Waals surface area (Å²) in [5, 5.41) is 4.56. The molecule has 0 aliphatic carbocycles. The van der Waals surface area contributed by atoms with Gasteiger partial charge in [0.25, 0.3) is 0 Å². The smallest absolute Gasteiger partial charge is 0.0653 e. The van der Waals surface area contributed by atoms with Gasteiger partial charge in [0.15, 0.2) is 0 Å². The Bertz CT molecular complexity index is 240. The van der Waals surface area contributed by atoms with Crippen LogP contribution in [-0.4, -0.2) is 9.78 Å². The highest BCUT2D eigenvalue weighted by atomic mass is 15.3. The summed E-state index contributed by atoms with van der Waals surface area (Å²) in [6.07, 6.45) is 4.34. The van der Waals surface area contributed by atoms with Crippen LogP contribution in [0.25, 0.3) is 0 Å². The minimum atomic E-state index is 0.675. The molecule has 2 nitrogen and oxygen atoms in total. The minimum Gasteiger partial charge on any atom is -0.272 e. The Morgan fingerprint density at radius 2 is 1.80 bits per heavy atom. The van der Waals surface area contributed by atoms with Crippen LogP contribution < -0.4 is 0 Å². The zero-order valence-corrected chi connectivity index (χ0v) is 11.2. The highest BCUT2D eigenvalue weighted by Crippen LogP contribution is 2.09. The van der Waals surface area contributed by atoms with Crippen molar-refractivity contribution in [1.82, 2.24) is 9.78 Å². The van der Waals surface area contributed by atoms with Gasteiger partial charge in [0.05, 0.1) is 5.69 Å². The molecule has 15 heavy (non-hydrogen) atoms. The van der Waals surface area contributed by atoms with Gasteiger partial charge in [0, 0.05) is 12.7 Å². The highest BCUT2D eigenvalue weighted by Gasteiger charge is 2.05. The second-order valence-corrected chi connectivity index (χ2v) is 3.92. The fourth-order valence-electron chi connectivity index (χ4n) is 1.56. The normalized spacial score (nSPS) is 10.1. The number of rotatable bonds is 4. The van der Waals surface area contributed by atoms with Gasteiger partial charge < -0.3 is 0 Å². The van der Waals surface area contributed by atoms with Gasteiger partial charge in [0.2, 0.25) is 0 Å². The lowest BCUT2D eigenvalue weighted by atomic mass is 10.2. The van der Waals surface area contributed by atoms with Gasteiger partial charge in [-0.1, -0.05) is 41.5 Å². The van der Waals surface area contributed by atoms with E-state index in [1.807, 2.05) is 13.8 Å². The number of hydrogen-bond donors (Lipinski definition) is 0. The predicted octanol–water partition coefficient (Wildman–Crippen LogP) is 3.69. The third kappa shape index (κ3) is 4.50. The zero-order chi connectivity index (χ0) is 11.8. The summed E-state index contributed by atoms with van der Waals surface area (Å²) in [7, 11) is 0. The molecule has 0 saturated carbocycles. The topological polar surface area (TPSA) is 17.8 Å². The van der Waals surface area contributed by atoms with Crippen molar-refractivity contribution in [2.75, 3.05) is 0 Å². The average Bonchev–Trinajstić information content (AvgIpc) is 2.62. The SMILES string of the molecule is CC.CCc1cn(CC(C)C)nc1CC. The molecule has 0 fully saturated rings. The van der Waals surface area contributed by atoms with E-state index in [-0.39, 0.29) is 0 Å². The monoisotopic (exact) mass is 210 g/mol. The maximum absolute atomic E-state index is 4.56. The lowest BCUT2D eigenvalue weighted by Crippen LogP contribution is -2.04. The van der Waals surface area contributed by atoms with E-state index >= 15 is 0 Å². The van der Waals surface area contributed by atoms with Crippen LogP contribution in [0.2, 0.25) is 0 Å². The Labute approximate surface area is 94.7 Å². The third-order valence-corrected chi connectivity index (χ3v) is 2.19. The Balaban J connectivity index is 0.000000921. The molecule has 1 aromatic rings. The van der Waals surface area contributed by atoms with E-state index in [2.05, 4.69) is 43.7 Å². The zero-order valence-electron chi connectivity index (χ0n) is 11.2. The van der Waals surface area contributed by atoms with E-state index in [0.717, 1.165) is 19.4 Å². The summed E-state index contributed by atoms with van der Waals surface area (Å²) >= 11 is 0. The molecule has 0 unspecified atom stereocenters. The molecule has 1 rings (SSSR count). The highest BCUT2D eigenvalue weighted by molar-refractivity contribution is 5.16. The van der Waals surface area contributed by atoms with Gasteiger partial charge in [-0.05, 0) is 24.3 Å². The van der Waals surface area contributed by atoms with Crippen molar-refractivity contribution in [1.29, 1.82) is 0 Å². The molecular formula is C13H26N2. The average molecular weight is 210 g/mol. The maximum Gasteiger partial charge on any atom is 0.0653 e. The molecule has 0 saturated heterocycles. The molecule has 0 aromatic carbocycles. The van der Waals surface area contributed by atoms with Gasteiger partial charge in [-0.3, -0.25) is 4.68 Å². The first-order chi connectivity index (χ1) is 7.17. The van der Waals surface area contributed by atoms with Crippen molar-refractivity contribution in [3.8, 4) is 0 Å². The molecule has 2 heteroatoms. The first-order valence-corrected chi connectivity index (χ1v) is 6.22. The third-order valence-electron chi connectivity index (χ3n) is 2.19. The van der Waals surface area contributed by atoms with Crippen molar-refractivity contribution in [3.63, 3.8) is 0 Å². The summed E-state index contributed by atoms with van der Waals surface area (Å²) < 4.78 is 2.09. The molecule has 0 aliphatic heterocycles. The van der Waals surface area contributed by atoms with Gasteiger partial charge in [0.1, 0.15) is 0 Å². The van der Waals surface area contributed by atoms with Crippen molar-refractivity contribution < 1.29 is 0 Å². The largest absolute Gasteiger partial charge is 0.272 e. The number of hydrogen-bond acceptors (Lipinski definition) is 1. The quantitative estimate of drug-likeness (QED) is 0.741. The summed E-state index contributed by atoms with van der Waals surface area (Å²) in [6.45, 7) is 13.8. The second kappa shape index (κ2) is 7.49.